The van der Waals surface area contributed by atoms with Gasteiger partial charge < -0.3 is 10.1 Å². The molecule has 36 heavy (non-hydrogen) atoms. The van der Waals surface area contributed by atoms with Gasteiger partial charge in [-0.05, 0) is 73.5 Å². The Morgan fingerprint density at radius 3 is 2.56 bits per heavy atom. The molecule has 1 atom stereocenters. The molecule has 0 fully saturated rings. The zero-order valence-electron chi connectivity index (χ0n) is 20.4. The number of amides is 1. The van der Waals surface area contributed by atoms with Crippen molar-refractivity contribution in [1.29, 1.82) is 0 Å². The standard InChI is InChI=1S/C28H27BrN4O3/c1-4-19(3)27-32-25-14-9-21(29)15-24(25)28(35)33(27)30-16-20-7-12-23(13-8-20)36-17-26(34)31-22-10-5-18(2)6-11-22/h5-16,19H,4,17H2,1-3H3,(H,31,34)/t19-/m0/s1. The first-order chi connectivity index (χ1) is 17.3. The first kappa shape index (κ1) is 25.3. The van der Waals surface area contributed by atoms with Gasteiger partial charge in [0.05, 0.1) is 17.1 Å². The fourth-order valence-electron chi connectivity index (χ4n) is 3.54. The maximum Gasteiger partial charge on any atom is 0.282 e. The summed E-state index contributed by atoms with van der Waals surface area (Å²) < 4.78 is 7.79. The number of ether oxygens (including phenoxy) is 1. The highest BCUT2D eigenvalue weighted by Gasteiger charge is 2.15. The third-order valence-electron chi connectivity index (χ3n) is 5.79. The first-order valence-corrected chi connectivity index (χ1v) is 12.5. The van der Waals surface area contributed by atoms with Gasteiger partial charge in [0.15, 0.2) is 6.61 Å². The number of hydrogen-bond donors (Lipinski definition) is 1. The van der Waals surface area contributed by atoms with Crippen molar-refractivity contribution in [1.82, 2.24) is 9.66 Å². The van der Waals surface area contributed by atoms with E-state index in [1.807, 2.05) is 62.4 Å². The molecule has 1 aromatic heterocycles. The van der Waals surface area contributed by atoms with Crippen LogP contribution in [0.15, 0.2) is 81.1 Å². The Bertz CT molecular complexity index is 1460. The Morgan fingerprint density at radius 2 is 1.86 bits per heavy atom. The molecule has 3 aromatic carbocycles. The van der Waals surface area contributed by atoms with E-state index < -0.39 is 0 Å². The van der Waals surface area contributed by atoms with Crippen LogP contribution in [-0.4, -0.2) is 28.4 Å². The van der Waals surface area contributed by atoms with E-state index in [1.165, 1.54) is 4.68 Å². The van der Waals surface area contributed by atoms with E-state index in [-0.39, 0.29) is 24.0 Å². The summed E-state index contributed by atoms with van der Waals surface area (Å²) in [5, 5.41) is 7.78. The summed E-state index contributed by atoms with van der Waals surface area (Å²) in [4.78, 5) is 30.1. The summed E-state index contributed by atoms with van der Waals surface area (Å²) in [6, 6.07) is 20.2. The molecule has 7 nitrogen and oxygen atoms in total. The molecule has 0 aliphatic heterocycles. The molecule has 0 aliphatic rings. The molecule has 0 unspecified atom stereocenters. The van der Waals surface area contributed by atoms with Gasteiger partial charge in [0.2, 0.25) is 0 Å². The topological polar surface area (TPSA) is 85.6 Å². The van der Waals surface area contributed by atoms with Crippen LogP contribution in [0, 0.1) is 6.92 Å². The highest BCUT2D eigenvalue weighted by molar-refractivity contribution is 9.10. The number of rotatable bonds is 8. The van der Waals surface area contributed by atoms with E-state index in [1.54, 1.807) is 24.4 Å². The molecule has 0 saturated carbocycles. The van der Waals surface area contributed by atoms with Gasteiger partial charge in [-0.1, -0.05) is 47.5 Å². The van der Waals surface area contributed by atoms with Crippen molar-refractivity contribution < 1.29 is 9.53 Å². The highest BCUT2D eigenvalue weighted by Crippen LogP contribution is 2.21. The Morgan fingerprint density at radius 1 is 1.14 bits per heavy atom. The second-order valence-corrected chi connectivity index (χ2v) is 9.49. The molecule has 0 aliphatic carbocycles. The average molecular weight is 547 g/mol. The van der Waals surface area contributed by atoms with Gasteiger partial charge in [0.1, 0.15) is 11.6 Å². The van der Waals surface area contributed by atoms with E-state index in [0.717, 1.165) is 27.7 Å². The Kier molecular flexibility index (Phi) is 7.95. The fourth-order valence-corrected chi connectivity index (χ4v) is 3.90. The second kappa shape index (κ2) is 11.3. The molecule has 0 saturated heterocycles. The van der Waals surface area contributed by atoms with Crippen LogP contribution < -0.4 is 15.6 Å². The molecule has 4 rings (SSSR count). The largest absolute Gasteiger partial charge is 0.484 e. The third-order valence-corrected chi connectivity index (χ3v) is 6.29. The van der Waals surface area contributed by atoms with Gasteiger partial charge in [-0.15, -0.1) is 0 Å². The lowest BCUT2D eigenvalue weighted by molar-refractivity contribution is -0.118. The monoisotopic (exact) mass is 546 g/mol. The van der Waals surface area contributed by atoms with Crippen LogP contribution in [0.3, 0.4) is 0 Å². The number of aromatic nitrogens is 2. The number of carbonyl (C=O) groups excluding carboxylic acids is 1. The summed E-state index contributed by atoms with van der Waals surface area (Å²) >= 11 is 3.42. The molecule has 8 heteroatoms. The second-order valence-electron chi connectivity index (χ2n) is 8.57. The zero-order chi connectivity index (χ0) is 25.7. The minimum Gasteiger partial charge on any atom is -0.484 e. The van der Waals surface area contributed by atoms with Gasteiger partial charge >= 0.3 is 0 Å². The van der Waals surface area contributed by atoms with Crippen molar-refractivity contribution in [2.45, 2.75) is 33.1 Å². The summed E-state index contributed by atoms with van der Waals surface area (Å²) in [5.41, 5.74) is 3.06. The van der Waals surface area contributed by atoms with Crippen molar-refractivity contribution in [3.63, 3.8) is 0 Å². The SMILES string of the molecule is CC[C@H](C)c1nc2ccc(Br)cc2c(=O)n1N=Cc1ccc(OCC(=O)Nc2ccc(C)cc2)cc1. The fraction of sp³-hybridized carbons (Fsp3) is 0.214. The van der Waals surface area contributed by atoms with Gasteiger partial charge in [0.25, 0.3) is 11.5 Å². The molecule has 1 heterocycles. The lowest BCUT2D eigenvalue weighted by atomic mass is 10.1. The number of fused-ring (bicyclic) bond motifs is 1. The molecule has 0 bridgehead atoms. The van der Waals surface area contributed by atoms with E-state index in [2.05, 4.69) is 33.3 Å². The number of halogens is 1. The first-order valence-electron chi connectivity index (χ1n) is 11.7. The predicted molar refractivity (Wildman–Crippen MR) is 147 cm³/mol. The number of anilines is 1. The summed E-state index contributed by atoms with van der Waals surface area (Å²) in [6.45, 7) is 5.97. The molecular weight excluding hydrogens is 520 g/mol. The van der Waals surface area contributed by atoms with Crippen LogP contribution in [-0.2, 0) is 4.79 Å². The predicted octanol–water partition coefficient (Wildman–Crippen LogP) is 5.88. The smallest absolute Gasteiger partial charge is 0.282 e. The van der Waals surface area contributed by atoms with Crippen molar-refractivity contribution in [3.8, 4) is 5.75 Å². The summed E-state index contributed by atoms with van der Waals surface area (Å²) in [5.74, 6) is 0.996. The number of aryl methyl sites for hydroxylation is 1. The number of hydrogen-bond acceptors (Lipinski definition) is 5. The van der Waals surface area contributed by atoms with Crippen molar-refractivity contribution in [2.75, 3.05) is 11.9 Å². The minimum absolute atomic E-state index is 0.0599. The van der Waals surface area contributed by atoms with Gasteiger partial charge in [-0.3, -0.25) is 9.59 Å². The lowest BCUT2D eigenvalue weighted by Gasteiger charge is -2.14. The Labute approximate surface area is 218 Å². The molecule has 4 aromatic rings. The van der Waals surface area contributed by atoms with Crippen LogP contribution >= 0.6 is 15.9 Å². The van der Waals surface area contributed by atoms with Gasteiger partial charge in [0, 0.05) is 16.1 Å². The molecular formula is C28H27BrN4O3. The Hall–Kier alpha value is -3.78. The molecule has 184 valence electrons. The number of benzene rings is 3. The molecule has 0 radical (unpaired) electrons. The number of nitrogens with zero attached hydrogens (tertiary/aromatic N) is 3. The maximum absolute atomic E-state index is 13.2. The summed E-state index contributed by atoms with van der Waals surface area (Å²) in [7, 11) is 0. The van der Waals surface area contributed by atoms with E-state index in [9.17, 15) is 9.59 Å². The average Bonchev–Trinajstić information content (AvgIpc) is 2.88. The third kappa shape index (κ3) is 6.07. The highest BCUT2D eigenvalue weighted by atomic mass is 79.9. The van der Waals surface area contributed by atoms with Crippen LogP contribution in [0.25, 0.3) is 10.9 Å². The van der Waals surface area contributed by atoms with Crippen LogP contribution in [0.1, 0.15) is 43.1 Å². The van der Waals surface area contributed by atoms with Crippen molar-refractivity contribution >= 4 is 44.6 Å². The van der Waals surface area contributed by atoms with Crippen molar-refractivity contribution in [3.05, 3.63) is 98.5 Å². The molecule has 0 spiro atoms. The summed E-state index contributed by atoms with van der Waals surface area (Å²) in [6.07, 6.45) is 2.44. The number of carbonyl (C=O) groups is 1. The normalized spacial score (nSPS) is 12.1. The number of nitrogens with one attached hydrogen (secondary N) is 1. The Balaban J connectivity index is 1.48. The van der Waals surface area contributed by atoms with E-state index >= 15 is 0 Å². The quantitative estimate of drug-likeness (QED) is 0.279. The minimum atomic E-state index is -0.239. The zero-order valence-corrected chi connectivity index (χ0v) is 22.0. The van der Waals surface area contributed by atoms with Crippen LogP contribution in [0.2, 0.25) is 0 Å². The van der Waals surface area contributed by atoms with E-state index in [0.29, 0.717) is 22.5 Å². The molecule has 1 amide bonds. The van der Waals surface area contributed by atoms with Gasteiger partial charge in [-0.2, -0.15) is 9.78 Å². The van der Waals surface area contributed by atoms with E-state index in [4.69, 9.17) is 9.72 Å². The lowest BCUT2D eigenvalue weighted by Crippen LogP contribution is -2.23. The van der Waals surface area contributed by atoms with Crippen molar-refractivity contribution in [2.24, 2.45) is 5.10 Å². The van der Waals surface area contributed by atoms with Crippen LogP contribution in [0.5, 0.6) is 5.75 Å². The maximum atomic E-state index is 13.2. The van der Waals surface area contributed by atoms with Crippen LogP contribution in [0.4, 0.5) is 5.69 Å². The molecule has 1 N–H and O–H groups in total. The van der Waals surface area contributed by atoms with Gasteiger partial charge in [-0.25, -0.2) is 4.98 Å².